The minimum Gasteiger partial charge on any atom is -0.465 e. The molecule has 0 bridgehead atoms. The Hall–Kier alpha value is -3.74. The molecule has 2 N–H and O–H groups in total. The highest BCUT2D eigenvalue weighted by molar-refractivity contribution is 5.96. The molecule has 0 radical (unpaired) electrons. The van der Waals surface area contributed by atoms with Crippen LogP contribution in [0.2, 0.25) is 0 Å². The molecule has 0 fully saturated rings. The fraction of sp³-hybridized carbons (Fsp3) is 0.143. The van der Waals surface area contributed by atoms with E-state index in [1.165, 1.54) is 7.11 Å². The van der Waals surface area contributed by atoms with Crippen molar-refractivity contribution in [2.45, 2.75) is 13.3 Å². The van der Waals surface area contributed by atoms with Gasteiger partial charge >= 0.3 is 5.97 Å². The number of rotatable bonds is 6. The van der Waals surface area contributed by atoms with Gasteiger partial charge in [-0.3, -0.25) is 4.79 Å². The lowest BCUT2D eigenvalue weighted by atomic mass is 10.1. The number of amides is 1. The van der Waals surface area contributed by atoms with E-state index in [1.54, 1.807) is 36.4 Å². The average Bonchev–Trinajstić information content (AvgIpc) is 2.71. The van der Waals surface area contributed by atoms with Gasteiger partial charge in [0.1, 0.15) is 0 Å². The van der Waals surface area contributed by atoms with Gasteiger partial charge in [0.2, 0.25) is 5.91 Å². The van der Waals surface area contributed by atoms with Crippen molar-refractivity contribution in [3.63, 3.8) is 0 Å². The highest BCUT2D eigenvalue weighted by atomic mass is 16.5. The van der Waals surface area contributed by atoms with Gasteiger partial charge in [-0.25, -0.2) is 4.79 Å². The molecule has 0 spiro atoms. The third-order valence-electron chi connectivity index (χ3n) is 4.01. The van der Waals surface area contributed by atoms with E-state index in [4.69, 9.17) is 4.74 Å². The van der Waals surface area contributed by atoms with E-state index in [2.05, 4.69) is 20.8 Å². The quantitative estimate of drug-likeness (QED) is 0.640. The molecule has 7 heteroatoms. The molecule has 0 aliphatic carbocycles. The molecule has 0 saturated heterocycles. The van der Waals surface area contributed by atoms with E-state index < -0.39 is 5.97 Å². The topological polar surface area (TPSA) is 93.2 Å². The molecular formula is C21H20N4O3. The summed E-state index contributed by atoms with van der Waals surface area (Å²) in [5.74, 6) is 0.169. The number of hydrogen-bond acceptors (Lipinski definition) is 6. The van der Waals surface area contributed by atoms with Gasteiger partial charge < -0.3 is 15.4 Å². The van der Waals surface area contributed by atoms with Gasteiger partial charge in [-0.15, -0.1) is 10.2 Å². The summed E-state index contributed by atoms with van der Waals surface area (Å²) < 4.78 is 4.77. The van der Waals surface area contributed by atoms with Crippen LogP contribution in [0.3, 0.4) is 0 Å². The smallest absolute Gasteiger partial charge is 0.339 e. The first-order valence-electron chi connectivity index (χ1n) is 8.68. The predicted molar refractivity (Wildman–Crippen MR) is 107 cm³/mol. The molecule has 142 valence electrons. The fourth-order valence-electron chi connectivity index (χ4n) is 2.56. The van der Waals surface area contributed by atoms with Gasteiger partial charge in [0.25, 0.3) is 0 Å². The van der Waals surface area contributed by atoms with Crippen LogP contribution in [-0.2, 0) is 16.0 Å². The van der Waals surface area contributed by atoms with Crippen LogP contribution >= 0.6 is 0 Å². The second-order valence-electron chi connectivity index (χ2n) is 6.18. The molecule has 0 aliphatic rings. The van der Waals surface area contributed by atoms with Crippen molar-refractivity contribution in [1.29, 1.82) is 0 Å². The summed E-state index contributed by atoms with van der Waals surface area (Å²) in [6, 6.07) is 18.0. The largest absolute Gasteiger partial charge is 0.465 e. The SMILES string of the molecule is COC(=O)c1ccccc1Nc1ccc(NC(=O)Cc2ccc(C)cc2)nn1. The van der Waals surface area contributed by atoms with E-state index in [0.717, 1.165) is 11.1 Å². The first-order chi connectivity index (χ1) is 13.5. The minimum absolute atomic E-state index is 0.171. The van der Waals surface area contributed by atoms with E-state index >= 15 is 0 Å². The third kappa shape index (κ3) is 4.91. The van der Waals surface area contributed by atoms with E-state index in [1.807, 2.05) is 31.2 Å². The highest BCUT2D eigenvalue weighted by Gasteiger charge is 2.12. The molecule has 1 aromatic heterocycles. The lowest BCUT2D eigenvalue weighted by molar-refractivity contribution is -0.115. The molecule has 0 saturated carbocycles. The van der Waals surface area contributed by atoms with Crippen LogP contribution in [0.5, 0.6) is 0 Å². The van der Waals surface area contributed by atoms with Crippen molar-refractivity contribution in [2.75, 3.05) is 17.7 Å². The Balaban J connectivity index is 1.63. The number of carbonyl (C=O) groups excluding carboxylic acids is 2. The van der Waals surface area contributed by atoms with Crippen LogP contribution < -0.4 is 10.6 Å². The zero-order chi connectivity index (χ0) is 19.9. The first kappa shape index (κ1) is 19.0. The number of carbonyl (C=O) groups is 2. The third-order valence-corrected chi connectivity index (χ3v) is 4.01. The summed E-state index contributed by atoms with van der Waals surface area (Å²) in [6.45, 7) is 2.00. The van der Waals surface area contributed by atoms with Crippen LogP contribution in [-0.4, -0.2) is 29.2 Å². The number of nitrogens with zero attached hydrogens (tertiary/aromatic N) is 2. The molecule has 0 aliphatic heterocycles. The molecule has 28 heavy (non-hydrogen) atoms. The monoisotopic (exact) mass is 376 g/mol. The molecular weight excluding hydrogens is 356 g/mol. The summed E-state index contributed by atoms with van der Waals surface area (Å²) in [5, 5.41) is 13.8. The number of hydrogen-bond donors (Lipinski definition) is 2. The minimum atomic E-state index is -0.448. The number of nitrogens with one attached hydrogen (secondary N) is 2. The maximum atomic E-state index is 12.1. The molecule has 0 unspecified atom stereocenters. The van der Waals surface area contributed by atoms with Gasteiger partial charge in [0.05, 0.1) is 24.8 Å². The normalized spacial score (nSPS) is 10.2. The second kappa shape index (κ2) is 8.77. The Morgan fingerprint density at radius 1 is 0.929 bits per heavy atom. The van der Waals surface area contributed by atoms with Gasteiger partial charge in [-0.05, 0) is 36.8 Å². The van der Waals surface area contributed by atoms with Crippen molar-refractivity contribution < 1.29 is 14.3 Å². The van der Waals surface area contributed by atoms with E-state index in [9.17, 15) is 9.59 Å². The highest BCUT2D eigenvalue weighted by Crippen LogP contribution is 2.20. The summed E-state index contributed by atoms with van der Waals surface area (Å²) in [6.07, 6.45) is 0.258. The number of anilines is 3. The second-order valence-corrected chi connectivity index (χ2v) is 6.18. The van der Waals surface area contributed by atoms with Crippen LogP contribution in [0.1, 0.15) is 21.5 Å². The molecule has 1 heterocycles. The fourth-order valence-corrected chi connectivity index (χ4v) is 2.56. The van der Waals surface area contributed by atoms with Crippen molar-refractivity contribution in [2.24, 2.45) is 0 Å². The van der Waals surface area contributed by atoms with Crippen molar-refractivity contribution in [3.8, 4) is 0 Å². The van der Waals surface area contributed by atoms with E-state index in [0.29, 0.717) is 22.9 Å². The zero-order valence-corrected chi connectivity index (χ0v) is 15.6. The van der Waals surface area contributed by atoms with Crippen LogP contribution in [0, 0.1) is 6.92 Å². The number of aromatic nitrogens is 2. The summed E-state index contributed by atoms with van der Waals surface area (Å²) in [5.41, 5.74) is 3.02. The van der Waals surface area contributed by atoms with E-state index in [-0.39, 0.29) is 12.3 Å². The average molecular weight is 376 g/mol. The lowest BCUT2D eigenvalue weighted by Crippen LogP contribution is -2.15. The Labute approximate surface area is 162 Å². The summed E-state index contributed by atoms with van der Waals surface area (Å²) in [7, 11) is 1.33. The number of benzene rings is 2. The number of para-hydroxylation sites is 1. The Bertz CT molecular complexity index is 970. The standard InChI is InChI=1S/C21H20N4O3/c1-14-7-9-15(10-8-14)13-20(26)23-19-12-11-18(24-25-19)22-17-6-4-3-5-16(17)21(27)28-2/h3-12H,13H2,1-2H3,(H,22,24)(H,23,25,26). The maximum absolute atomic E-state index is 12.1. The number of methoxy groups -OCH3 is 1. The number of esters is 1. The predicted octanol–water partition coefficient (Wildman–Crippen LogP) is 3.50. The van der Waals surface area contributed by atoms with Gasteiger partial charge in [-0.2, -0.15) is 0 Å². The maximum Gasteiger partial charge on any atom is 0.339 e. The number of ether oxygens (including phenoxy) is 1. The Morgan fingerprint density at radius 3 is 2.29 bits per heavy atom. The summed E-state index contributed by atoms with van der Waals surface area (Å²) in [4.78, 5) is 24.0. The summed E-state index contributed by atoms with van der Waals surface area (Å²) >= 11 is 0. The lowest BCUT2D eigenvalue weighted by Gasteiger charge is -2.10. The zero-order valence-electron chi connectivity index (χ0n) is 15.6. The van der Waals surface area contributed by atoms with Crippen molar-refractivity contribution in [1.82, 2.24) is 10.2 Å². The molecule has 2 aromatic carbocycles. The Kier molecular flexibility index (Phi) is 5.96. The van der Waals surface area contributed by atoms with Crippen molar-refractivity contribution >= 4 is 29.2 Å². The molecule has 0 atom stereocenters. The molecule has 3 rings (SSSR count). The Morgan fingerprint density at radius 2 is 1.61 bits per heavy atom. The van der Waals surface area contributed by atoms with Gasteiger partial charge in [0.15, 0.2) is 11.6 Å². The van der Waals surface area contributed by atoms with Crippen LogP contribution in [0.25, 0.3) is 0 Å². The first-order valence-corrected chi connectivity index (χ1v) is 8.68. The van der Waals surface area contributed by atoms with Gasteiger partial charge in [0, 0.05) is 0 Å². The van der Waals surface area contributed by atoms with Gasteiger partial charge in [-0.1, -0.05) is 42.0 Å². The molecule has 7 nitrogen and oxygen atoms in total. The number of aryl methyl sites for hydroxylation is 1. The van der Waals surface area contributed by atoms with Crippen molar-refractivity contribution in [3.05, 3.63) is 77.4 Å². The van der Waals surface area contributed by atoms with Crippen LogP contribution in [0.4, 0.5) is 17.3 Å². The molecule has 1 amide bonds. The van der Waals surface area contributed by atoms with Crippen LogP contribution in [0.15, 0.2) is 60.7 Å². The molecule has 3 aromatic rings.